The average molecular weight is 267 g/mol. The first-order valence-corrected chi connectivity index (χ1v) is 6.52. The highest BCUT2D eigenvalue weighted by Crippen LogP contribution is 2.16. The van der Waals surface area contributed by atoms with Gasteiger partial charge in [0.1, 0.15) is 0 Å². The minimum atomic E-state index is 0.271. The molecule has 19 heavy (non-hydrogen) atoms. The smallest absolute Gasteiger partial charge is 0.323 e. The van der Waals surface area contributed by atoms with Gasteiger partial charge < -0.3 is 15.0 Å². The minimum absolute atomic E-state index is 0.271. The van der Waals surface area contributed by atoms with Crippen molar-refractivity contribution in [3.63, 3.8) is 0 Å². The van der Waals surface area contributed by atoms with Crippen LogP contribution in [0.1, 0.15) is 19.8 Å². The summed E-state index contributed by atoms with van der Waals surface area (Å²) < 4.78 is 5.27. The SMILES string of the molecule is CCOc1nc(NN)nc(NCC2CCCN2C)n1. The van der Waals surface area contributed by atoms with Gasteiger partial charge in [-0.15, -0.1) is 0 Å². The van der Waals surface area contributed by atoms with Crippen molar-refractivity contribution in [2.24, 2.45) is 5.84 Å². The van der Waals surface area contributed by atoms with Gasteiger partial charge in [-0.3, -0.25) is 5.43 Å². The lowest BCUT2D eigenvalue weighted by molar-refractivity contribution is 0.311. The maximum atomic E-state index is 5.33. The molecule has 2 heterocycles. The summed E-state index contributed by atoms with van der Waals surface area (Å²) in [6.45, 7) is 4.32. The van der Waals surface area contributed by atoms with Gasteiger partial charge in [-0.1, -0.05) is 0 Å². The Morgan fingerprint density at radius 3 is 2.79 bits per heavy atom. The van der Waals surface area contributed by atoms with Crippen molar-refractivity contribution < 1.29 is 4.74 Å². The number of aromatic nitrogens is 3. The van der Waals surface area contributed by atoms with Gasteiger partial charge in [-0.2, -0.15) is 15.0 Å². The molecule has 4 N–H and O–H groups in total. The van der Waals surface area contributed by atoms with E-state index in [1.165, 1.54) is 12.8 Å². The Hall–Kier alpha value is -1.67. The van der Waals surface area contributed by atoms with Crippen molar-refractivity contribution in [1.29, 1.82) is 0 Å². The summed E-state index contributed by atoms with van der Waals surface area (Å²) in [6, 6.07) is 0.786. The number of likely N-dealkylation sites (tertiary alicyclic amines) is 1. The Morgan fingerprint density at radius 2 is 2.16 bits per heavy atom. The Labute approximate surface area is 112 Å². The van der Waals surface area contributed by atoms with Crippen LogP contribution in [-0.2, 0) is 0 Å². The average Bonchev–Trinajstić information content (AvgIpc) is 2.82. The fraction of sp³-hybridized carbons (Fsp3) is 0.727. The minimum Gasteiger partial charge on any atom is -0.464 e. The van der Waals surface area contributed by atoms with Gasteiger partial charge in [0.05, 0.1) is 6.61 Å². The predicted molar refractivity (Wildman–Crippen MR) is 72.9 cm³/mol. The highest BCUT2D eigenvalue weighted by atomic mass is 16.5. The van der Waals surface area contributed by atoms with Crippen molar-refractivity contribution >= 4 is 11.9 Å². The van der Waals surface area contributed by atoms with Gasteiger partial charge in [0, 0.05) is 12.6 Å². The van der Waals surface area contributed by atoms with Crippen LogP contribution in [0.3, 0.4) is 0 Å². The van der Waals surface area contributed by atoms with E-state index in [1.54, 1.807) is 0 Å². The molecule has 1 aliphatic rings. The second-order valence-corrected chi connectivity index (χ2v) is 4.50. The molecule has 106 valence electrons. The van der Waals surface area contributed by atoms with Crippen LogP contribution in [0.4, 0.5) is 11.9 Å². The molecule has 0 spiro atoms. The molecule has 0 saturated carbocycles. The van der Waals surface area contributed by atoms with Crippen molar-refractivity contribution in [3.05, 3.63) is 0 Å². The summed E-state index contributed by atoms with van der Waals surface area (Å²) in [4.78, 5) is 14.7. The molecule has 1 aromatic rings. The maximum Gasteiger partial charge on any atom is 0.323 e. The number of nitrogen functional groups attached to an aromatic ring is 1. The first kappa shape index (κ1) is 13.8. The third-order valence-electron chi connectivity index (χ3n) is 3.18. The fourth-order valence-electron chi connectivity index (χ4n) is 2.14. The third kappa shape index (κ3) is 3.65. The standard InChI is InChI=1S/C11H21N7O/c1-3-19-11-15-9(14-10(16-11)17-12)13-7-8-5-4-6-18(8)2/h8H,3-7,12H2,1-2H3,(H2,13,14,15,16,17). The van der Waals surface area contributed by atoms with E-state index in [4.69, 9.17) is 10.6 Å². The lowest BCUT2D eigenvalue weighted by atomic mass is 10.2. The summed E-state index contributed by atoms with van der Waals surface area (Å²) in [6.07, 6.45) is 2.43. The molecular weight excluding hydrogens is 246 g/mol. The van der Waals surface area contributed by atoms with Gasteiger partial charge in [0.25, 0.3) is 0 Å². The van der Waals surface area contributed by atoms with Crippen LogP contribution in [0.5, 0.6) is 6.01 Å². The van der Waals surface area contributed by atoms with Crippen LogP contribution in [0, 0.1) is 0 Å². The zero-order valence-corrected chi connectivity index (χ0v) is 11.4. The second kappa shape index (κ2) is 6.48. The molecule has 0 bridgehead atoms. The van der Waals surface area contributed by atoms with E-state index in [2.05, 4.69) is 37.6 Å². The van der Waals surface area contributed by atoms with Crippen LogP contribution < -0.4 is 21.3 Å². The first-order valence-electron chi connectivity index (χ1n) is 6.52. The molecule has 2 rings (SSSR count). The third-order valence-corrected chi connectivity index (χ3v) is 3.18. The summed E-state index contributed by atoms with van der Waals surface area (Å²) in [5.74, 6) is 6.10. The largest absolute Gasteiger partial charge is 0.464 e. The summed E-state index contributed by atoms with van der Waals surface area (Å²) in [5, 5.41) is 3.21. The molecule has 1 saturated heterocycles. The van der Waals surface area contributed by atoms with Crippen LogP contribution in [0.25, 0.3) is 0 Å². The lowest BCUT2D eigenvalue weighted by Gasteiger charge is -2.19. The number of nitrogens with one attached hydrogen (secondary N) is 2. The number of nitrogens with zero attached hydrogens (tertiary/aromatic N) is 4. The van der Waals surface area contributed by atoms with Crippen molar-refractivity contribution in [3.8, 4) is 6.01 Å². The van der Waals surface area contributed by atoms with Gasteiger partial charge in [0.2, 0.25) is 11.9 Å². The second-order valence-electron chi connectivity index (χ2n) is 4.50. The number of ether oxygens (including phenoxy) is 1. The number of anilines is 2. The zero-order valence-electron chi connectivity index (χ0n) is 11.4. The number of nitrogens with two attached hydrogens (primary N) is 1. The Morgan fingerprint density at radius 1 is 1.37 bits per heavy atom. The van der Waals surface area contributed by atoms with E-state index in [9.17, 15) is 0 Å². The number of likely N-dealkylation sites (N-methyl/N-ethyl adjacent to an activating group) is 1. The van der Waals surface area contributed by atoms with E-state index >= 15 is 0 Å². The van der Waals surface area contributed by atoms with E-state index < -0.39 is 0 Å². The topological polar surface area (TPSA) is 101 Å². The van der Waals surface area contributed by atoms with Crippen molar-refractivity contribution in [1.82, 2.24) is 19.9 Å². The molecule has 1 aromatic heterocycles. The Balaban J connectivity index is 2.00. The van der Waals surface area contributed by atoms with Crippen molar-refractivity contribution in [2.75, 3.05) is 37.5 Å². The van der Waals surface area contributed by atoms with Gasteiger partial charge >= 0.3 is 6.01 Å². The highest BCUT2D eigenvalue weighted by molar-refractivity contribution is 5.35. The van der Waals surface area contributed by atoms with Crippen LogP contribution in [0.2, 0.25) is 0 Å². The number of hydrazine groups is 1. The van der Waals surface area contributed by atoms with E-state index in [1.807, 2.05) is 6.92 Å². The number of rotatable bonds is 6. The van der Waals surface area contributed by atoms with Gasteiger partial charge in [-0.05, 0) is 33.4 Å². The molecule has 0 amide bonds. The summed E-state index contributed by atoms with van der Waals surface area (Å²) in [5.41, 5.74) is 2.41. The van der Waals surface area contributed by atoms with E-state index in [0.717, 1.165) is 13.1 Å². The molecule has 8 nitrogen and oxygen atoms in total. The molecule has 1 aliphatic heterocycles. The summed E-state index contributed by atoms with van der Waals surface area (Å²) >= 11 is 0. The molecular formula is C11H21N7O. The van der Waals surface area contributed by atoms with Gasteiger partial charge in [0.15, 0.2) is 0 Å². The van der Waals surface area contributed by atoms with E-state index in [0.29, 0.717) is 24.5 Å². The normalized spacial score (nSPS) is 19.4. The number of hydrogen-bond acceptors (Lipinski definition) is 8. The Bertz CT molecular complexity index is 414. The Kier molecular flexibility index (Phi) is 4.69. The molecule has 0 aliphatic carbocycles. The highest BCUT2D eigenvalue weighted by Gasteiger charge is 2.20. The van der Waals surface area contributed by atoms with Gasteiger partial charge in [-0.25, -0.2) is 5.84 Å². The van der Waals surface area contributed by atoms with Crippen LogP contribution >= 0.6 is 0 Å². The molecule has 0 aromatic carbocycles. The fourth-order valence-corrected chi connectivity index (χ4v) is 2.14. The number of hydrogen-bond donors (Lipinski definition) is 3. The molecule has 1 fully saturated rings. The van der Waals surface area contributed by atoms with Crippen LogP contribution in [0.15, 0.2) is 0 Å². The quantitative estimate of drug-likeness (QED) is 0.491. The van der Waals surface area contributed by atoms with Crippen LogP contribution in [-0.4, -0.2) is 52.6 Å². The zero-order chi connectivity index (χ0) is 13.7. The van der Waals surface area contributed by atoms with E-state index in [-0.39, 0.29) is 6.01 Å². The lowest BCUT2D eigenvalue weighted by Crippen LogP contribution is -2.32. The molecule has 1 unspecified atom stereocenters. The molecule has 8 heteroatoms. The maximum absolute atomic E-state index is 5.33. The first-order chi connectivity index (χ1) is 9.22. The molecule has 1 atom stereocenters. The predicted octanol–water partition coefficient (Wildman–Crippen LogP) is 0.0620. The summed E-state index contributed by atoms with van der Waals surface area (Å²) in [7, 11) is 2.13. The van der Waals surface area contributed by atoms with Crippen molar-refractivity contribution in [2.45, 2.75) is 25.8 Å². The monoisotopic (exact) mass is 267 g/mol. The molecule has 0 radical (unpaired) electrons.